The highest BCUT2D eigenvalue weighted by Crippen LogP contribution is 2.40. The summed E-state index contributed by atoms with van der Waals surface area (Å²) in [6.45, 7) is 9.31. The maximum Gasteiger partial charge on any atom is 0.248 e. The van der Waals surface area contributed by atoms with E-state index in [0.717, 1.165) is 44.6 Å². The van der Waals surface area contributed by atoms with Crippen LogP contribution in [0.2, 0.25) is 0 Å². The van der Waals surface area contributed by atoms with E-state index in [-0.39, 0.29) is 24.8 Å². The number of aliphatic hydroxyl groups is 1. The van der Waals surface area contributed by atoms with E-state index >= 15 is 0 Å². The van der Waals surface area contributed by atoms with Gasteiger partial charge < -0.3 is 15.3 Å². The van der Waals surface area contributed by atoms with Crippen molar-refractivity contribution >= 4 is 11.8 Å². The molecule has 4 rings (SSSR count). The van der Waals surface area contributed by atoms with Gasteiger partial charge in [-0.1, -0.05) is 38.1 Å². The Hall–Kier alpha value is -2.26. The molecule has 1 aromatic rings. The van der Waals surface area contributed by atoms with Crippen molar-refractivity contribution in [2.45, 2.75) is 70.6 Å². The average molecular weight is 445 g/mol. The predicted octanol–water partition coefficient (Wildman–Crippen LogP) is 1.08. The Morgan fingerprint density at radius 3 is 2.72 bits per heavy atom. The monoisotopic (exact) mass is 444 g/mol. The second-order valence-corrected chi connectivity index (χ2v) is 10.4. The fourth-order valence-electron chi connectivity index (χ4n) is 4.67. The van der Waals surface area contributed by atoms with Gasteiger partial charge in [-0.3, -0.25) is 14.5 Å². The minimum absolute atomic E-state index is 0.157. The fourth-order valence-corrected chi connectivity index (χ4v) is 4.67. The van der Waals surface area contributed by atoms with E-state index in [1.54, 1.807) is 4.68 Å². The Bertz CT molecular complexity index is 856. The lowest BCUT2D eigenvalue weighted by Crippen LogP contribution is -2.51. The molecule has 0 spiro atoms. The van der Waals surface area contributed by atoms with Gasteiger partial charge in [-0.15, -0.1) is 5.10 Å². The zero-order valence-electron chi connectivity index (χ0n) is 19.4. The van der Waals surface area contributed by atoms with Crippen LogP contribution in [-0.2, 0) is 9.59 Å². The van der Waals surface area contributed by atoms with Crippen molar-refractivity contribution in [2.24, 2.45) is 5.41 Å². The quantitative estimate of drug-likeness (QED) is 0.610. The van der Waals surface area contributed by atoms with Crippen molar-refractivity contribution in [3.05, 3.63) is 24.0 Å². The maximum absolute atomic E-state index is 13.7. The highest BCUT2D eigenvalue weighted by molar-refractivity contribution is 5.90. The minimum atomic E-state index is -0.708. The van der Waals surface area contributed by atoms with E-state index in [9.17, 15) is 14.7 Å². The van der Waals surface area contributed by atoms with Crippen molar-refractivity contribution in [1.29, 1.82) is 0 Å². The highest BCUT2D eigenvalue weighted by atomic mass is 16.3. The number of nitrogens with zero attached hydrogens (tertiary/aromatic N) is 5. The summed E-state index contributed by atoms with van der Waals surface area (Å²) in [5.74, 6) is 0.0528. The van der Waals surface area contributed by atoms with Crippen molar-refractivity contribution in [1.82, 2.24) is 30.1 Å². The van der Waals surface area contributed by atoms with Crippen LogP contribution in [0.15, 0.2) is 18.3 Å². The molecular formula is C23H36N6O3. The maximum atomic E-state index is 13.7. The molecule has 0 radical (unpaired) electrons. The molecule has 3 atom stereocenters. The Labute approximate surface area is 189 Å². The van der Waals surface area contributed by atoms with Gasteiger partial charge in [-0.25, -0.2) is 4.68 Å². The van der Waals surface area contributed by atoms with E-state index < -0.39 is 23.6 Å². The Morgan fingerprint density at radius 2 is 2.06 bits per heavy atom. The number of nitrogens with one attached hydrogen (secondary N) is 1. The summed E-state index contributed by atoms with van der Waals surface area (Å²) in [6.07, 6.45) is 9.00. The first-order chi connectivity index (χ1) is 15.2. The lowest BCUT2D eigenvalue weighted by molar-refractivity contribution is -0.144. The molecule has 9 heteroatoms. The van der Waals surface area contributed by atoms with Crippen LogP contribution in [0.3, 0.4) is 0 Å². The molecule has 1 saturated heterocycles. The summed E-state index contributed by atoms with van der Waals surface area (Å²) < 4.78 is 1.65. The molecule has 0 bridgehead atoms. The van der Waals surface area contributed by atoms with Crippen LogP contribution in [-0.4, -0.2) is 86.6 Å². The van der Waals surface area contributed by atoms with Crippen molar-refractivity contribution in [3.63, 3.8) is 0 Å². The van der Waals surface area contributed by atoms with Crippen LogP contribution in [0.4, 0.5) is 0 Å². The van der Waals surface area contributed by atoms with Gasteiger partial charge in [0.15, 0.2) is 0 Å². The number of aliphatic hydroxyl groups excluding tert-OH is 1. The third kappa shape index (κ3) is 5.20. The van der Waals surface area contributed by atoms with Gasteiger partial charge in [0, 0.05) is 51.3 Å². The lowest BCUT2D eigenvalue weighted by Gasteiger charge is -2.34. The number of rotatable bonds is 7. The molecule has 2 fully saturated rings. The molecule has 1 aliphatic carbocycles. The SMILES string of the molecule is CC(C)(C)[C@@H](C(=O)N1C[C@H](O)C[C@H]1C(=O)NCCN1CC=CCC1)n1cc(C2CC2)nn1. The standard InChI is InChI=1S/C23H36N6O3/c1-23(2,3)20(29-15-18(25-26-29)16-7-8-16)22(32)28-14-17(30)13-19(28)21(31)24-9-12-27-10-5-4-6-11-27/h4-5,15-17,19-20,30H,6-14H2,1-3H3,(H,24,31)/t17-,19+,20-/m1/s1. The first-order valence-electron chi connectivity index (χ1n) is 11.8. The third-order valence-corrected chi connectivity index (χ3v) is 6.58. The van der Waals surface area contributed by atoms with Crippen LogP contribution in [0.1, 0.15) is 64.1 Å². The number of likely N-dealkylation sites (tertiary alicyclic amines) is 1. The zero-order valence-corrected chi connectivity index (χ0v) is 19.4. The Balaban J connectivity index is 1.44. The number of hydrogen-bond acceptors (Lipinski definition) is 6. The number of aromatic nitrogens is 3. The second-order valence-electron chi connectivity index (χ2n) is 10.4. The number of hydrogen-bond donors (Lipinski definition) is 2. The van der Waals surface area contributed by atoms with Crippen molar-refractivity contribution in [3.8, 4) is 0 Å². The molecule has 2 aliphatic heterocycles. The molecule has 0 unspecified atom stereocenters. The lowest BCUT2D eigenvalue weighted by atomic mass is 9.85. The van der Waals surface area contributed by atoms with E-state index in [1.807, 2.05) is 27.0 Å². The van der Waals surface area contributed by atoms with Gasteiger partial charge in [-0.05, 0) is 24.7 Å². The van der Waals surface area contributed by atoms with Gasteiger partial charge in [-0.2, -0.15) is 0 Å². The molecule has 1 aromatic heterocycles. The molecular weight excluding hydrogens is 408 g/mol. The number of β-amino-alcohol motifs (C(OH)–C–C–N with tert-alkyl or cyclic N) is 1. The topological polar surface area (TPSA) is 104 Å². The molecule has 2 amide bonds. The zero-order chi connectivity index (χ0) is 22.9. The smallest absolute Gasteiger partial charge is 0.248 e. The Kier molecular flexibility index (Phi) is 6.67. The molecule has 3 aliphatic rings. The van der Waals surface area contributed by atoms with Gasteiger partial charge >= 0.3 is 0 Å². The average Bonchev–Trinajstić information content (AvgIpc) is 3.35. The van der Waals surface area contributed by atoms with Crippen molar-refractivity contribution < 1.29 is 14.7 Å². The summed E-state index contributed by atoms with van der Waals surface area (Å²) in [5, 5.41) is 21.8. The molecule has 176 valence electrons. The summed E-state index contributed by atoms with van der Waals surface area (Å²) in [4.78, 5) is 30.5. The van der Waals surface area contributed by atoms with Crippen LogP contribution in [0.5, 0.6) is 0 Å². The number of carbonyl (C=O) groups is 2. The Morgan fingerprint density at radius 1 is 1.28 bits per heavy atom. The normalized spacial score (nSPS) is 25.2. The van der Waals surface area contributed by atoms with E-state index in [1.165, 1.54) is 4.90 Å². The molecule has 1 saturated carbocycles. The van der Waals surface area contributed by atoms with E-state index in [4.69, 9.17) is 0 Å². The third-order valence-electron chi connectivity index (χ3n) is 6.58. The number of amides is 2. The first-order valence-corrected chi connectivity index (χ1v) is 11.8. The van der Waals surface area contributed by atoms with E-state index in [0.29, 0.717) is 12.5 Å². The number of carbonyl (C=O) groups excluding carboxylic acids is 2. The molecule has 0 aromatic carbocycles. The van der Waals surface area contributed by atoms with Gasteiger partial charge in [0.05, 0.1) is 11.8 Å². The van der Waals surface area contributed by atoms with Crippen LogP contribution in [0, 0.1) is 5.41 Å². The fraction of sp³-hybridized carbons (Fsp3) is 0.739. The van der Waals surface area contributed by atoms with E-state index in [2.05, 4.69) is 32.7 Å². The highest BCUT2D eigenvalue weighted by Gasteiger charge is 2.45. The van der Waals surface area contributed by atoms with Crippen LogP contribution < -0.4 is 5.32 Å². The molecule has 3 heterocycles. The van der Waals surface area contributed by atoms with Gasteiger partial charge in [0.2, 0.25) is 11.8 Å². The first kappa shape index (κ1) is 22.9. The van der Waals surface area contributed by atoms with Gasteiger partial charge in [0.25, 0.3) is 0 Å². The summed E-state index contributed by atoms with van der Waals surface area (Å²) in [7, 11) is 0. The van der Waals surface area contributed by atoms with Gasteiger partial charge in [0.1, 0.15) is 12.1 Å². The minimum Gasteiger partial charge on any atom is -0.391 e. The molecule has 32 heavy (non-hydrogen) atoms. The van der Waals surface area contributed by atoms with Crippen molar-refractivity contribution in [2.75, 3.05) is 32.7 Å². The summed E-state index contributed by atoms with van der Waals surface area (Å²) >= 11 is 0. The van der Waals surface area contributed by atoms with Crippen LogP contribution in [0.25, 0.3) is 0 Å². The van der Waals surface area contributed by atoms with Crippen LogP contribution >= 0.6 is 0 Å². The second kappa shape index (κ2) is 9.31. The summed E-state index contributed by atoms with van der Waals surface area (Å²) in [6, 6.07) is -1.27. The molecule has 9 nitrogen and oxygen atoms in total. The largest absolute Gasteiger partial charge is 0.391 e. The summed E-state index contributed by atoms with van der Waals surface area (Å²) in [5.41, 5.74) is 0.498. The molecule has 2 N–H and O–H groups in total. The predicted molar refractivity (Wildman–Crippen MR) is 120 cm³/mol.